The zero-order valence-corrected chi connectivity index (χ0v) is 16.6. The molecule has 1 heterocycles. The molecule has 0 amide bonds. The van der Waals surface area contributed by atoms with Crippen LogP contribution < -0.4 is 10.6 Å². The average molecular weight is 359 g/mol. The van der Waals surface area contributed by atoms with Gasteiger partial charge in [-0.1, -0.05) is 13.8 Å². The molecule has 1 saturated heterocycles. The van der Waals surface area contributed by atoms with Gasteiger partial charge in [-0.2, -0.15) is 0 Å². The number of nitrogens with one attached hydrogen (secondary N) is 2. The zero-order valence-electron chi connectivity index (χ0n) is 16.6. The first-order chi connectivity index (χ1) is 12.2. The predicted molar refractivity (Wildman–Crippen MR) is 102 cm³/mol. The van der Waals surface area contributed by atoms with E-state index in [0.29, 0.717) is 19.1 Å². The van der Waals surface area contributed by atoms with Crippen molar-refractivity contribution in [3.05, 3.63) is 0 Å². The smallest absolute Gasteiger partial charge is 0.191 e. The van der Waals surface area contributed by atoms with Gasteiger partial charge in [0.25, 0.3) is 0 Å². The number of nitrogens with zero attached hydrogens (tertiary/aromatic N) is 2. The summed E-state index contributed by atoms with van der Waals surface area (Å²) in [5.41, 5.74) is 0. The van der Waals surface area contributed by atoms with Crippen LogP contribution in [0.25, 0.3) is 0 Å². The van der Waals surface area contributed by atoms with Crippen LogP contribution in [0.3, 0.4) is 0 Å². The van der Waals surface area contributed by atoms with E-state index in [1.165, 1.54) is 0 Å². The lowest BCUT2D eigenvalue weighted by molar-refractivity contribution is -0.0284. The summed E-state index contributed by atoms with van der Waals surface area (Å²) in [6.45, 7) is 12.3. The highest BCUT2D eigenvalue weighted by atomic mass is 16.5. The second-order valence-electron chi connectivity index (χ2n) is 6.84. The van der Waals surface area contributed by atoms with Crippen molar-refractivity contribution in [2.75, 3.05) is 73.3 Å². The van der Waals surface area contributed by atoms with E-state index in [4.69, 9.17) is 14.2 Å². The van der Waals surface area contributed by atoms with E-state index in [0.717, 1.165) is 64.7 Å². The molecule has 1 unspecified atom stereocenters. The summed E-state index contributed by atoms with van der Waals surface area (Å²) in [5, 5.41) is 6.72. The minimum absolute atomic E-state index is 0.222. The number of unbranched alkanes of at least 4 members (excludes halogenated alkanes) is 1. The van der Waals surface area contributed by atoms with Crippen molar-refractivity contribution in [2.24, 2.45) is 10.9 Å². The summed E-state index contributed by atoms with van der Waals surface area (Å²) in [6, 6.07) is 0. The van der Waals surface area contributed by atoms with Gasteiger partial charge in [-0.05, 0) is 18.8 Å². The van der Waals surface area contributed by atoms with Gasteiger partial charge in [0.15, 0.2) is 5.96 Å². The van der Waals surface area contributed by atoms with Gasteiger partial charge in [0, 0.05) is 53.5 Å². The van der Waals surface area contributed by atoms with Crippen LogP contribution in [0.1, 0.15) is 26.7 Å². The summed E-state index contributed by atoms with van der Waals surface area (Å²) in [5.74, 6) is 1.53. The fourth-order valence-corrected chi connectivity index (χ4v) is 2.80. The molecule has 0 aromatic carbocycles. The minimum Gasteiger partial charge on any atom is -0.382 e. The molecule has 0 bridgehead atoms. The van der Waals surface area contributed by atoms with Gasteiger partial charge in [-0.25, -0.2) is 0 Å². The summed E-state index contributed by atoms with van der Waals surface area (Å²) in [6.07, 6.45) is 2.31. The van der Waals surface area contributed by atoms with Crippen molar-refractivity contribution in [3.63, 3.8) is 0 Å². The van der Waals surface area contributed by atoms with E-state index in [1.807, 2.05) is 0 Å². The maximum absolute atomic E-state index is 5.86. The molecular weight excluding hydrogens is 320 g/mol. The van der Waals surface area contributed by atoms with E-state index < -0.39 is 0 Å². The Kier molecular flexibility index (Phi) is 12.7. The van der Waals surface area contributed by atoms with Crippen LogP contribution in [0.2, 0.25) is 0 Å². The molecule has 1 aliphatic rings. The van der Waals surface area contributed by atoms with Crippen LogP contribution in [0, 0.1) is 5.92 Å². The second-order valence-corrected chi connectivity index (χ2v) is 6.84. The summed E-state index contributed by atoms with van der Waals surface area (Å²) in [7, 11) is 3.49. The van der Waals surface area contributed by atoms with E-state index in [1.54, 1.807) is 14.2 Å². The van der Waals surface area contributed by atoms with Gasteiger partial charge >= 0.3 is 0 Å². The molecule has 7 heteroatoms. The fourth-order valence-electron chi connectivity index (χ4n) is 2.80. The first-order valence-corrected chi connectivity index (χ1v) is 9.50. The van der Waals surface area contributed by atoms with Crippen LogP contribution in [-0.2, 0) is 14.2 Å². The standard InChI is InChI=1S/C18H38N4O3/c1-16(2)14-22-8-10-25-17(15-22)13-21-18(19-3)20-7-5-6-9-24-12-11-23-4/h16-17H,5-15H2,1-4H3,(H2,19,20,21). The number of morpholine rings is 1. The van der Waals surface area contributed by atoms with Crippen molar-refractivity contribution in [2.45, 2.75) is 32.8 Å². The number of hydrogen-bond donors (Lipinski definition) is 2. The van der Waals surface area contributed by atoms with Crippen molar-refractivity contribution >= 4 is 5.96 Å². The van der Waals surface area contributed by atoms with Gasteiger partial charge < -0.3 is 24.8 Å². The molecule has 1 atom stereocenters. The van der Waals surface area contributed by atoms with E-state index >= 15 is 0 Å². The van der Waals surface area contributed by atoms with Gasteiger partial charge in [0.2, 0.25) is 0 Å². The Bertz CT molecular complexity index is 353. The third kappa shape index (κ3) is 11.4. The molecule has 1 rings (SSSR count). The fraction of sp³-hybridized carbons (Fsp3) is 0.944. The lowest BCUT2D eigenvalue weighted by Gasteiger charge is -2.34. The van der Waals surface area contributed by atoms with Crippen molar-refractivity contribution in [1.82, 2.24) is 15.5 Å². The third-order valence-electron chi connectivity index (χ3n) is 4.01. The molecule has 0 aliphatic carbocycles. The Hall–Kier alpha value is -0.890. The summed E-state index contributed by atoms with van der Waals surface area (Å²) < 4.78 is 16.3. The lowest BCUT2D eigenvalue weighted by Crippen LogP contribution is -2.50. The topological polar surface area (TPSA) is 67.4 Å². The third-order valence-corrected chi connectivity index (χ3v) is 4.01. The molecule has 2 N–H and O–H groups in total. The first-order valence-electron chi connectivity index (χ1n) is 9.50. The van der Waals surface area contributed by atoms with Gasteiger partial charge in [-0.3, -0.25) is 9.89 Å². The number of methoxy groups -OCH3 is 1. The Balaban J connectivity index is 2.09. The Morgan fingerprint density at radius 1 is 1.24 bits per heavy atom. The molecule has 25 heavy (non-hydrogen) atoms. The van der Waals surface area contributed by atoms with Crippen LogP contribution >= 0.6 is 0 Å². The first kappa shape index (κ1) is 22.2. The monoisotopic (exact) mass is 358 g/mol. The second kappa shape index (κ2) is 14.3. The number of rotatable bonds is 12. The van der Waals surface area contributed by atoms with E-state index in [2.05, 4.69) is 34.4 Å². The normalized spacial score (nSPS) is 19.4. The van der Waals surface area contributed by atoms with Crippen molar-refractivity contribution < 1.29 is 14.2 Å². The van der Waals surface area contributed by atoms with Crippen LogP contribution in [0.15, 0.2) is 4.99 Å². The van der Waals surface area contributed by atoms with E-state index in [-0.39, 0.29) is 6.10 Å². The highest BCUT2D eigenvalue weighted by molar-refractivity contribution is 5.79. The molecule has 1 aliphatic heterocycles. The highest BCUT2D eigenvalue weighted by Gasteiger charge is 2.20. The molecular formula is C18H38N4O3. The zero-order chi connectivity index (χ0) is 18.3. The summed E-state index contributed by atoms with van der Waals surface area (Å²) in [4.78, 5) is 6.76. The average Bonchev–Trinajstić information content (AvgIpc) is 2.59. The van der Waals surface area contributed by atoms with E-state index in [9.17, 15) is 0 Å². The molecule has 0 saturated carbocycles. The van der Waals surface area contributed by atoms with Crippen LogP contribution in [0.4, 0.5) is 0 Å². The minimum atomic E-state index is 0.222. The number of guanidine groups is 1. The van der Waals surface area contributed by atoms with Gasteiger partial charge in [-0.15, -0.1) is 0 Å². The largest absolute Gasteiger partial charge is 0.382 e. The number of ether oxygens (including phenoxy) is 3. The predicted octanol–water partition coefficient (Wildman–Crippen LogP) is 0.951. The molecule has 148 valence electrons. The number of aliphatic imine (C=N–C) groups is 1. The quantitative estimate of drug-likeness (QED) is 0.308. The lowest BCUT2D eigenvalue weighted by atomic mass is 10.2. The molecule has 0 radical (unpaired) electrons. The van der Waals surface area contributed by atoms with Gasteiger partial charge in [0.05, 0.1) is 25.9 Å². The number of hydrogen-bond acceptors (Lipinski definition) is 5. The molecule has 1 fully saturated rings. The Morgan fingerprint density at radius 2 is 2.08 bits per heavy atom. The van der Waals surface area contributed by atoms with Crippen molar-refractivity contribution in [1.29, 1.82) is 0 Å². The molecule has 0 spiro atoms. The Morgan fingerprint density at radius 3 is 2.80 bits per heavy atom. The highest BCUT2D eigenvalue weighted by Crippen LogP contribution is 2.07. The molecule has 7 nitrogen and oxygen atoms in total. The molecule has 0 aromatic heterocycles. The summed E-state index contributed by atoms with van der Waals surface area (Å²) >= 11 is 0. The van der Waals surface area contributed by atoms with Gasteiger partial charge in [0.1, 0.15) is 0 Å². The maximum Gasteiger partial charge on any atom is 0.191 e. The maximum atomic E-state index is 5.86. The SMILES string of the molecule is CN=C(NCCCCOCCOC)NCC1CN(CC(C)C)CCO1. The molecule has 0 aromatic rings. The van der Waals surface area contributed by atoms with Crippen molar-refractivity contribution in [3.8, 4) is 0 Å². The van der Waals surface area contributed by atoms with Crippen LogP contribution in [-0.4, -0.2) is 90.3 Å². The Labute approximate surface area is 153 Å². The van der Waals surface area contributed by atoms with Crippen LogP contribution in [0.5, 0.6) is 0 Å².